The van der Waals surface area contributed by atoms with Gasteiger partial charge in [0.05, 0.1) is 34.6 Å². The first-order valence-corrected chi connectivity index (χ1v) is 24.5. The molecule has 0 saturated heterocycles. The van der Waals surface area contributed by atoms with Crippen molar-refractivity contribution in [3.05, 3.63) is 228 Å². The fourth-order valence-electron chi connectivity index (χ4n) is 10.9. The molecule has 0 spiro atoms. The zero-order chi connectivity index (χ0) is 59.1. The van der Waals surface area contributed by atoms with Crippen molar-refractivity contribution in [1.82, 2.24) is 14.1 Å². The van der Waals surface area contributed by atoms with Crippen molar-refractivity contribution in [2.75, 3.05) is 4.90 Å². The summed E-state index contributed by atoms with van der Waals surface area (Å²) < 4.78 is 107. The number of pyridine rings is 1. The Morgan fingerprint density at radius 2 is 1.27 bits per heavy atom. The van der Waals surface area contributed by atoms with E-state index in [1.54, 1.807) is 54.7 Å². The summed E-state index contributed by atoms with van der Waals surface area (Å²) in [4.78, 5) is 7.16. The molecule has 73 heavy (non-hydrogen) atoms. The lowest BCUT2D eigenvalue weighted by Gasteiger charge is -2.21. The number of benzene rings is 9. The van der Waals surface area contributed by atoms with Crippen LogP contribution in [-0.4, -0.2) is 14.1 Å². The SMILES string of the molecule is [2H]c1c([2H])c([2H])c(-c2ccc3c(c2)c2ccc(Oc4cc(N5Cn6c7c(C)cccc7c7cc(C)ccc7c7ccccc7c7cccc5c76)ccc4C([2H])([2H])[2H])cc2n3-c2cc(C([2H])([2H])[2H])c(-c3ccc(C(C)(C)C)cc3)cn2)c([2H])c1[2H]. The van der Waals surface area contributed by atoms with E-state index in [1.807, 2.05) is 41.0 Å². The Labute approximate surface area is 442 Å². The van der Waals surface area contributed by atoms with Gasteiger partial charge >= 0.3 is 0 Å². The molecule has 4 heterocycles. The third-order valence-corrected chi connectivity index (χ3v) is 14.6. The Bertz CT molecular complexity index is 4810. The highest BCUT2D eigenvalue weighted by Crippen LogP contribution is 2.45. The molecule has 0 bridgehead atoms. The van der Waals surface area contributed by atoms with Gasteiger partial charge in [-0.15, -0.1) is 0 Å². The number of hydrogen-bond acceptors (Lipinski definition) is 3. The van der Waals surface area contributed by atoms with Crippen LogP contribution in [0.2, 0.25) is 0 Å². The normalized spacial score (nSPS) is 15.0. The van der Waals surface area contributed by atoms with E-state index in [4.69, 9.17) is 24.8 Å². The maximum atomic E-state index is 8.85. The third kappa shape index (κ3) is 7.41. The molecule has 5 heteroatoms. The van der Waals surface area contributed by atoms with Crippen molar-refractivity contribution in [2.24, 2.45) is 0 Å². The second-order valence-electron chi connectivity index (χ2n) is 20.2. The highest BCUT2D eigenvalue weighted by molar-refractivity contribution is 6.21. The highest BCUT2D eigenvalue weighted by Gasteiger charge is 2.26. The zero-order valence-electron chi connectivity index (χ0n) is 52.1. The number of ether oxygens (including phenoxy) is 1. The summed E-state index contributed by atoms with van der Waals surface area (Å²) in [7, 11) is 0. The maximum absolute atomic E-state index is 8.85. The number of fused-ring (bicyclic) bond motifs is 10. The Morgan fingerprint density at radius 3 is 2.07 bits per heavy atom. The molecule has 0 radical (unpaired) electrons. The summed E-state index contributed by atoms with van der Waals surface area (Å²) in [6.07, 6.45) is 1.57. The number of hydrogen-bond donors (Lipinski definition) is 0. The first-order chi connectivity index (χ1) is 40.0. The van der Waals surface area contributed by atoms with Crippen LogP contribution in [0, 0.1) is 27.6 Å². The minimum absolute atomic E-state index is 0.00761. The Kier molecular flexibility index (Phi) is 7.87. The van der Waals surface area contributed by atoms with Crippen molar-refractivity contribution in [1.29, 1.82) is 0 Å². The molecular formula is C68H56N4O. The molecule has 354 valence electrons. The molecule has 9 aromatic carbocycles. The predicted molar refractivity (Wildman–Crippen MR) is 308 cm³/mol. The van der Waals surface area contributed by atoms with E-state index in [0.29, 0.717) is 50.9 Å². The summed E-state index contributed by atoms with van der Waals surface area (Å²) >= 11 is 0. The van der Waals surface area contributed by atoms with E-state index in [-0.39, 0.29) is 51.5 Å². The van der Waals surface area contributed by atoms with Gasteiger partial charge in [0.1, 0.15) is 24.0 Å². The fraction of sp³-hybridized carbons (Fsp3) is 0.132. The van der Waals surface area contributed by atoms with Crippen LogP contribution in [0.5, 0.6) is 11.5 Å². The summed E-state index contributed by atoms with van der Waals surface area (Å²) in [5, 5.41) is 7.88. The molecule has 0 amide bonds. The molecule has 0 saturated carbocycles. The Morgan fingerprint density at radius 1 is 0.548 bits per heavy atom. The fourth-order valence-corrected chi connectivity index (χ4v) is 10.9. The highest BCUT2D eigenvalue weighted by atomic mass is 16.5. The average Bonchev–Trinajstić information content (AvgIpc) is 1.70. The quantitative estimate of drug-likeness (QED) is 0.167. The van der Waals surface area contributed by atoms with Gasteiger partial charge in [-0.2, -0.15) is 0 Å². The average molecular weight is 956 g/mol. The first-order valence-electron chi connectivity index (χ1n) is 30.0. The molecule has 0 aliphatic carbocycles. The van der Waals surface area contributed by atoms with Gasteiger partial charge in [-0.05, 0) is 136 Å². The van der Waals surface area contributed by atoms with Gasteiger partial charge in [0.15, 0.2) is 0 Å². The van der Waals surface area contributed by atoms with Crippen LogP contribution in [0.25, 0.3) is 93.2 Å². The second-order valence-corrected chi connectivity index (χ2v) is 20.2. The molecule has 5 nitrogen and oxygen atoms in total. The van der Waals surface area contributed by atoms with Crippen LogP contribution in [0.4, 0.5) is 11.4 Å². The lowest BCUT2D eigenvalue weighted by Crippen LogP contribution is -2.15. The number of aryl methyl sites for hydroxylation is 4. The van der Waals surface area contributed by atoms with E-state index < -0.39 is 31.8 Å². The molecule has 12 aromatic rings. The minimum atomic E-state index is -2.60. The van der Waals surface area contributed by atoms with E-state index in [2.05, 4.69) is 123 Å². The molecule has 1 aliphatic rings. The zero-order valence-corrected chi connectivity index (χ0v) is 41.1. The van der Waals surface area contributed by atoms with Crippen LogP contribution in [0.1, 0.15) is 63.7 Å². The molecule has 3 aromatic heterocycles. The van der Waals surface area contributed by atoms with Crippen LogP contribution in [0.3, 0.4) is 0 Å². The van der Waals surface area contributed by atoms with Crippen molar-refractivity contribution in [3.63, 3.8) is 0 Å². The molecule has 0 unspecified atom stereocenters. The summed E-state index contributed by atoms with van der Waals surface area (Å²) in [6.45, 7) is 5.82. The van der Waals surface area contributed by atoms with Crippen molar-refractivity contribution < 1.29 is 19.8 Å². The summed E-state index contributed by atoms with van der Waals surface area (Å²) in [5.74, 6) is 0.643. The van der Waals surface area contributed by atoms with Crippen molar-refractivity contribution >= 4 is 76.5 Å². The van der Waals surface area contributed by atoms with Crippen LogP contribution in [0.15, 0.2) is 200 Å². The molecule has 0 fully saturated rings. The number of anilines is 2. The molecule has 0 N–H and O–H groups in total. The van der Waals surface area contributed by atoms with E-state index in [9.17, 15) is 0 Å². The lowest BCUT2D eigenvalue weighted by atomic mass is 9.86. The standard InChI is InChI=1S/C68H56N4O/c1-42-23-32-54-52-18-11-12-19-53(52)56-21-14-22-62-67(56)71(66-44(3)15-13-20-57(66)58(54)35-42)41-70(62)50-30-24-43(2)64(38-50)73-51-31-33-55-59-37-48(46-16-9-8-10-17-46)27-34-61(59)72(63(55)39-51)65-36-45(4)60(40-69-65)47-25-28-49(29-26-47)68(5,6)7/h8-40H,41H2,1-7H3/i2D3,4D3,8D,9D,10D,16D,17D. The lowest BCUT2D eigenvalue weighted by molar-refractivity contribution is 0.479. The van der Waals surface area contributed by atoms with Gasteiger partial charge in [-0.1, -0.05) is 166 Å². The van der Waals surface area contributed by atoms with Gasteiger partial charge in [-0.25, -0.2) is 4.98 Å². The van der Waals surface area contributed by atoms with Gasteiger partial charge in [0.2, 0.25) is 0 Å². The monoisotopic (exact) mass is 956 g/mol. The van der Waals surface area contributed by atoms with Crippen LogP contribution in [-0.2, 0) is 12.1 Å². The van der Waals surface area contributed by atoms with Crippen LogP contribution >= 0.6 is 0 Å². The second kappa shape index (κ2) is 17.0. The largest absolute Gasteiger partial charge is 0.457 e. The minimum Gasteiger partial charge on any atom is -0.457 e. The summed E-state index contributed by atoms with van der Waals surface area (Å²) in [6, 6.07) is 50.9. The maximum Gasteiger partial charge on any atom is 0.137 e. The topological polar surface area (TPSA) is 35.2 Å². The number of para-hydroxylation sites is 2. The summed E-state index contributed by atoms with van der Waals surface area (Å²) in [5.41, 5.74) is 9.60. The third-order valence-electron chi connectivity index (χ3n) is 14.6. The van der Waals surface area contributed by atoms with Gasteiger partial charge in [-0.3, -0.25) is 4.57 Å². The Hall–Kier alpha value is -8.67. The van der Waals surface area contributed by atoms with Crippen molar-refractivity contribution in [3.8, 4) is 39.6 Å². The van der Waals surface area contributed by atoms with Gasteiger partial charge < -0.3 is 14.2 Å². The number of nitrogens with zero attached hydrogens (tertiary/aromatic N) is 4. The van der Waals surface area contributed by atoms with Gasteiger partial charge in [0, 0.05) is 59.3 Å². The Balaban J connectivity index is 0.997. The number of aromatic nitrogens is 3. The molecule has 13 rings (SSSR count). The molecular weight excluding hydrogens is 889 g/mol. The van der Waals surface area contributed by atoms with E-state index in [0.717, 1.165) is 65.7 Å². The van der Waals surface area contributed by atoms with Crippen LogP contribution < -0.4 is 9.64 Å². The van der Waals surface area contributed by atoms with Gasteiger partial charge in [0.25, 0.3) is 0 Å². The smallest absolute Gasteiger partial charge is 0.137 e. The predicted octanol–water partition coefficient (Wildman–Crippen LogP) is 18.5. The molecule has 1 aliphatic heterocycles. The number of rotatable bonds is 6. The first kappa shape index (κ1) is 33.8. The molecule has 0 atom stereocenters. The van der Waals surface area contributed by atoms with E-state index >= 15 is 0 Å². The van der Waals surface area contributed by atoms with Crippen molar-refractivity contribution in [2.45, 2.75) is 60.4 Å². The van der Waals surface area contributed by atoms with E-state index in [1.165, 1.54) is 0 Å².